The summed E-state index contributed by atoms with van der Waals surface area (Å²) in [6.07, 6.45) is 3.70. The van der Waals surface area contributed by atoms with Gasteiger partial charge >= 0.3 is 5.97 Å². The number of rotatable bonds is 8. The van der Waals surface area contributed by atoms with Crippen LogP contribution in [-0.2, 0) is 13.0 Å². The van der Waals surface area contributed by atoms with Crippen LogP contribution in [0, 0.1) is 0 Å². The maximum atomic E-state index is 11.0. The van der Waals surface area contributed by atoms with Gasteiger partial charge in [-0.25, -0.2) is 9.78 Å². The topological polar surface area (TPSA) is 77.2 Å². The number of carboxylic acid groups (broad SMARTS) is 1. The molecule has 2 aromatic heterocycles. The second-order valence-corrected chi connectivity index (χ2v) is 7.41. The Balaban J connectivity index is 1.39. The van der Waals surface area contributed by atoms with Gasteiger partial charge in [0.05, 0.1) is 30.6 Å². The first-order chi connectivity index (χ1) is 14.2. The second-order valence-electron chi connectivity index (χ2n) is 6.47. The highest BCUT2D eigenvalue weighted by molar-refractivity contribution is 7.09. The van der Waals surface area contributed by atoms with Crippen molar-refractivity contribution in [3.63, 3.8) is 0 Å². The summed E-state index contributed by atoms with van der Waals surface area (Å²) in [7, 11) is 0. The molecule has 1 N–H and O–H groups in total. The van der Waals surface area contributed by atoms with E-state index in [-0.39, 0.29) is 5.56 Å². The Morgan fingerprint density at radius 2 is 2.00 bits per heavy atom. The zero-order chi connectivity index (χ0) is 20.1. The van der Waals surface area contributed by atoms with E-state index in [4.69, 9.17) is 9.84 Å². The number of carbonyl (C=O) groups is 1. The Hall–Kier alpha value is -3.45. The Morgan fingerprint density at radius 1 is 1.14 bits per heavy atom. The molecular weight excluding hydrogens is 386 g/mol. The highest BCUT2D eigenvalue weighted by Gasteiger charge is 2.10. The number of aromatic carboxylic acids is 1. The van der Waals surface area contributed by atoms with Crippen LogP contribution in [0.1, 0.15) is 20.9 Å². The lowest BCUT2D eigenvalue weighted by Crippen LogP contribution is -2.01. The van der Waals surface area contributed by atoms with Crippen LogP contribution in [0.2, 0.25) is 0 Å². The normalized spacial score (nSPS) is 10.8. The third-order valence-corrected chi connectivity index (χ3v) is 5.19. The van der Waals surface area contributed by atoms with Crippen molar-refractivity contribution in [2.75, 3.05) is 6.61 Å². The van der Waals surface area contributed by atoms with Crippen LogP contribution < -0.4 is 4.74 Å². The maximum Gasteiger partial charge on any atom is 0.338 e. The molecule has 2 aromatic carbocycles. The van der Waals surface area contributed by atoms with Crippen molar-refractivity contribution in [2.45, 2.75) is 13.0 Å². The molecule has 0 amide bonds. The monoisotopic (exact) mass is 405 g/mol. The largest absolute Gasteiger partial charge is 0.493 e. The van der Waals surface area contributed by atoms with E-state index >= 15 is 0 Å². The van der Waals surface area contributed by atoms with Crippen LogP contribution >= 0.6 is 11.3 Å². The molecule has 4 aromatic rings. The number of benzene rings is 2. The SMILES string of the molecule is O=C(O)c1cnn(Cc2nc(-c3cccc(OCCc4ccccc4)c3)cs2)c1. The van der Waals surface area contributed by atoms with Gasteiger partial charge in [0.1, 0.15) is 10.8 Å². The minimum Gasteiger partial charge on any atom is -0.493 e. The minimum absolute atomic E-state index is 0.169. The number of aromatic nitrogens is 3. The number of hydrogen-bond acceptors (Lipinski definition) is 5. The fraction of sp³-hybridized carbons (Fsp3) is 0.136. The predicted octanol–water partition coefficient (Wildman–Crippen LogP) is 4.37. The summed E-state index contributed by atoms with van der Waals surface area (Å²) in [6.45, 7) is 1.05. The molecule has 29 heavy (non-hydrogen) atoms. The molecule has 146 valence electrons. The molecule has 0 aliphatic carbocycles. The second kappa shape index (κ2) is 8.70. The number of thiazole rings is 1. The zero-order valence-corrected chi connectivity index (χ0v) is 16.4. The average Bonchev–Trinajstić information content (AvgIpc) is 3.39. The van der Waals surface area contributed by atoms with Gasteiger partial charge < -0.3 is 9.84 Å². The lowest BCUT2D eigenvalue weighted by molar-refractivity contribution is 0.0696. The molecule has 0 bridgehead atoms. The van der Waals surface area contributed by atoms with Gasteiger partial charge in [0.15, 0.2) is 0 Å². The van der Waals surface area contributed by atoms with Crippen LogP contribution in [0.4, 0.5) is 0 Å². The molecule has 0 saturated heterocycles. The average molecular weight is 405 g/mol. The number of hydrogen-bond donors (Lipinski definition) is 1. The summed E-state index contributed by atoms with van der Waals surface area (Å²) in [4.78, 5) is 15.6. The highest BCUT2D eigenvalue weighted by atomic mass is 32.1. The van der Waals surface area contributed by atoms with E-state index in [1.54, 1.807) is 4.68 Å². The van der Waals surface area contributed by atoms with Gasteiger partial charge in [0.2, 0.25) is 0 Å². The van der Waals surface area contributed by atoms with E-state index in [0.717, 1.165) is 28.4 Å². The molecular formula is C22H19N3O3S. The first-order valence-corrected chi connectivity index (χ1v) is 10.0. The van der Waals surface area contributed by atoms with E-state index in [2.05, 4.69) is 22.2 Å². The van der Waals surface area contributed by atoms with Gasteiger partial charge in [-0.15, -0.1) is 11.3 Å². The molecule has 0 spiro atoms. The van der Waals surface area contributed by atoms with E-state index in [9.17, 15) is 4.79 Å². The van der Waals surface area contributed by atoms with Crippen LogP contribution in [0.15, 0.2) is 72.4 Å². The number of ether oxygens (including phenoxy) is 1. The summed E-state index contributed by atoms with van der Waals surface area (Å²) >= 11 is 1.52. The van der Waals surface area contributed by atoms with Gasteiger partial charge in [0.25, 0.3) is 0 Å². The molecule has 6 nitrogen and oxygen atoms in total. The van der Waals surface area contributed by atoms with Crippen molar-refractivity contribution in [1.29, 1.82) is 0 Å². The molecule has 0 unspecified atom stereocenters. The smallest absolute Gasteiger partial charge is 0.338 e. The van der Waals surface area contributed by atoms with E-state index in [1.165, 1.54) is 29.3 Å². The van der Waals surface area contributed by atoms with Crippen molar-refractivity contribution >= 4 is 17.3 Å². The van der Waals surface area contributed by atoms with Crippen molar-refractivity contribution in [2.24, 2.45) is 0 Å². The minimum atomic E-state index is -0.986. The quantitative estimate of drug-likeness (QED) is 0.471. The third-order valence-electron chi connectivity index (χ3n) is 4.36. The Morgan fingerprint density at radius 3 is 2.79 bits per heavy atom. The van der Waals surface area contributed by atoms with Crippen LogP contribution in [0.25, 0.3) is 11.3 Å². The number of carboxylic acids is 1. The molecule has 0 atom stereocenters. The molecule has 0 fully saturated rings. The molecule has 0 radical (unpaired) electrons. The molecule has 0 saturated carbocycles. The highest BCUT2D eigenvalue weighted by Crippen LogP contribution is 2.26. The lowest BCUT2D eigenvalue weighted by Gasteiger charge is -2.07. The van der Waals surface area contributed by atoms with Crippen molar-refractivity contribution in [1.82, 2.24) is 14.8 Å². The van der Waals surface area contributed by atoms with Gasteiger partial charge in [-0.05, 0) is 17.7 Å². The summed E-state index contributed by atoms with van der Waals surface area (Å²) in [5, 5.41) is 15.9. The van der Waals surface area contributed by atoms with Gasteiger partial charge in [-0.1, -0.05) is 42.5 Å². The Bertz CT molecular complexity index is 1110. The van der Waals surface area contributed by atoms with Gasteiger partial charge in [-0.3, -0.25) is 4.68 Å². The van der Waals surface area contributed by atoms with Crippen molar-refractivity contribution in [3.8, 4) is 17.0 Å². The van der Waals surface area contributed by atoms with Crippen LogP contribution in [0.3, 0.4) is 0 Å². The van der Waals surface area contributed by atoms with Gasteiger partial charge in [-0.2, -0.15) is 5.10 Å². The first kappa shape index (κ1) is 18.9. The van der Waals surface area contributed by atoms with Crippen LogP contribution in [-0.4, -0.2) is 32.4 Å². The van der Waals surface area contributed by atoms with Crippen molar-refractivity contribution in [3.05, 3.63) is 88.5 Å². The number of nitrogens with zero attached hydrogens (tertiary/aromatic N) is 3. The first-order valence-electron chi connectivity index (χ1n) is 9.15. The fourth-order valence-electron chi connectivity index (χ4n) is 2.89. The molecule has 0 aliphatic rings. The van der Waals surface area contributed by atoms with E-state index in [0.29, 0.717) is 13.2 Å². The fourth-order valence-corrected chi connectivity index (χ4v) is 3.69. The van der Waals surface area contributed by atoms with E-state index < -0.39 is 5.97 Å². The van der Waals surface area contributed by atoms with E-state index in [1.807, 2.05) is 47.8 Å². The molecule has 0 aliphatic heterocycles. The molecule has 4 rings (SSSR count). The van der Waals surface area contributed by atoms with Crippen LogP contribution in [0.5, 0.6) is 5.75 Å². The summed E-state index contributed by atoms with van der Waals surface area (Å²) in [5.41, 5.74) is 3.26. The Labute approximate surface area is 172 Å². The lowest BCUT2D eigenvalue weighted by atomic mass is 10.1. The maximum absolute atomic E-state index is 11.0. The Kier molecular flexibility index (Phi) is 5.67. The summed E-state index contributed by atoms with van der Waals surface area (Å²) < 4.78 is 7.48. The summed E-state index contributed by atoms with van der Waals surface area (Å²) in [5.74, 6) is -0.175. The predicted molar refractivity (Wildman–Crippen MR) is 111 cm³/mol. The third kappa shape index (κ3) is 4.89. The summed E-state index contributed by atoms with van der Waals surface area (Å²) in [6, 6.07) is 18.1. The standard InChI is InChI=1S/C22H19N3O3S/c26-22(27)18-12-23-25(13-18)14-21-24-20(15-29-21)17-7-4-8-19(11-17)28-10-9-16-5-2-1-3-6-16/h1-8,11-13,15H,9-10,14H2,(H,26,27). The van der Waals surface area contributed by atoms with Gasteiger partial charge in [0, 0.05) is 23.6 Å². The zero-order valence-electron chi connectivity index (χ0n) is 15.6. The van der Waals surface area contributed by atoms with Crippen molar-refractivity contribution < 1.29 is 14.6 Å². The molecule has 7 heteroatoms. The molecule has 2 heterocycles.